The van der Waals surface area contributed by atoms with Gasteiger partial charge in [0.1, 0.15) is 17.1 Å². The summed E-state index contributed by atoms with van der Waals surface area (Å²) in [5, 5.41) is 3.37. The van der Waals surface area contributed by atoms with Gasteiger partial charge in [-0.15, -0.1) is 0 Å². The second-order valence-electron chi connectivity index (χ2n) is 7.49. The Morgan fingerprint density at radius 1 is 1.35 bits per heavy atom. The van der Waals surface area contributed by atoms with Crippen LogP contribution < -0.4 is 10.2 Å². The minimum atomic E-state index is -0.359. The average Bonchev–Trinajstić information content (AvgIpc) is 3.17. The maximum atomic E-state index is 11.9. The monoisotopic (exact) mass is 337 g/mol. The fourth-order valence-electron chi connectivity index (χ4n) is 2.84. The Balaban J connectivity index is 1.60. The van der Waals surface area contributed by atoms with Gasteiger partial charge in [-0.05, 0) is 57.2 Å². The van der Waals surface area contributed by atoms with Crippen molar-refractivity contribution in [3.05, 3.63) is 22.8 Å². The smallest absolute Gasteiger partial charge is 0.407 e. The minimum Gasteiger partial charge on any atom is -0.444 e. The topological polar surface area (TPSA) is 54.5 Å². The van der Waals surface area contributed by atoms with Crippen LogP contribution in [0.3, 0.4) is 0 Å². The Bertz CT molecular complexity index is 596. The van der Waals surface area contributed by atoms with Crippen LogP contribution in [0.1, 0.15) is 51.5 Å². The van der Waals surface area contributed by atoms with E-state index in [0.717, 1.165) is 18.8 Å². The van der Waals surface area contributed by atoms with Crippen LogP contribution in [0.15, 0.2) is 12.1 Å². The fraction of sp³-hybridized carbons (Fsp3) is 0.647. The number of alkyl carbamates (subject to hydrolysis) is 1. The van der Waals surface area contributed by atoms with Gasteiger partial charge >= 0.3 is 6.09 Å². The van der Waals surface area contributed by atoms with Gasteiger partial charge in [0.15, 0.2) is 0 Å². The summed E-state index contributed by atoms with van der Waals surface area (Å²) in [4.78, 5) is 18.5. The highest BCUT2D eigenvalue weighted by molar-refractivity contribution is 6.29. The average molecular weight is 338 g/mol. The number of carbonyl (C=O) groups is 1. The third kappa shape index (κ3) is 4.50. The Morgan fingerprint density at radius 3 is 2.74 bits per heavy atom. The number of carbonyl (C=O) groups excluding carboxylic acids is 1. The van der Waals surface area contributed by atoms with Crippen molar-refractivity contribution < 1.29 is 9.53 Å². The predicted molar refractivity (Wildman–Crippen MR) is 91.2 cm³/mol. The van der Waals surface area contributed by atoms with Crippen LogP contribution in [0.5, 0.6) is 0 Å². The van der Waals surface area contributed by atoms with Gasteiger partial charge in [0.2, 0.25) is 0 Å². The molecule has 1 saturated carbocycles. The fourth-order valence-corrected chi connectivity index (χ4v) is 3.05. The highest BCUT2D eigenvalue weighted by atomic mass is 35.5. The van der Waals surface area contributed by atoms with Crippen molar-refractivity contribution in [3.8, 4) is 0 Å². The normalized spacial score (nSPS) is 21.4. The molecular weight excluding hydrogens is 314 g/mol. The van der Waals surface area contributed by atoms with Gasteiger partial charge in [0.25, 0.3) is 0 Å². The molecule has 1 saturated heterocycles. The zero-order valence-corrected chi connectivity index (χ0v) is 14.7. The predicted octanol–water partition coefficient (Wildman–Crippen LogP) is 3.72. The molecule has 3 rings (SSSR count). The van der Waals surface area contributed by atoms with Crippen molar-refractivity contribution in [2.75, 3.05) is 18.0 Å². The van der Waals surface area contributed by atoms with E-state index in [1.165, 1.54) is 18.4 Å². The number of nitrogens with zero attached hydrogens (tertiary/aromatic N) is 2. The summed E-state index contributed by atoms with van der Waals surface area (Å²) in [5.41, 5.74) is 0.984. The minimum absolute atomic E-state index is 0.109. The van der Waals surface area contributed by atoms with Crippen LogP contribution >= 0.6 is 11.6 Å². The lowest BCUT2D eigenvalue weighted by Crippen LogP contribution is -2.42. The van der Waals surface area contributed by atoms with Gasteiger partial charge in [0, 0.05) is 18.5 Å². The molecule has 0 unspecified atom stereocenters. The lowest BCUT2D eigenvalue weighted by Gasteiger charge is -2.22. The van der Waals surface area contributed by atoms with Crippen LogP contribution in [0.4, 0.5) is 10.6 Å². The van der Waals surface area contributed by atoms with Crippen molar-refractivity contribution in [1.82, 2.24) is 10.3 Å². The quantitative estimate of drug-likeness (QED) is 0.854. The van der Waals surface area contributed by atoms with Gasteiger partial charge in [0.05, 0.1) is 6.54 Å². The van der Waals surface area contributed by atoms with Gasteiger partial charge in [-0.3, -0.25) is 0 Å². The molecule has 1 aliphatic carbocycles. The maximum Gasteiger partial charge on any atom is 0.407 e. The first-order valence-corrected chi connectivity index (χ1v) is 8.59. The summed E-state index contributed by atoms with van der Waals surface area (Å²) >= 11 is 6.16. The molecule has 1 atom stereocenters. The lowest BCUT2D eigenvalue weighted by molar-refractivity contribution is 0.101. The highest BCUT2D eigenvalue weighted by Gasteiger charge is 2.30. The van der Waals surface area contributed by atoms with Crippen LogP contribution in [0.25, 0.3) is 0 Å². The van der Waals surface area contributed by atoms with E-state index >= 15 is 0 Å². The molecule has 23 heavy (non-hydrogen) atoms. The van der Waals surface area contributed by atoms with E-state index in [-0.39, 0.29) is 17.7 Å². The number of aromatic nitrogens is 1. The third-order valence-corrected chi connectivity index (χ3v) is 4.27. The van der Waals surface area contributed by atoms with Crippen LogP contribution in [-0.4, -0.2) is 35.8 Å². The highest BCUT2D eigenvalue weighted by Crippen LogP contribution is 2.41. The second-order valence-corrected chi connectivity index (χ2v) is 7.88. The van der Waals surface area contributed by atoms with E-state index in [2.05, 4.69) is 21.3 Å². The molecular formula is C17H24ClN3O2. The molecule has 5 nitrogen and oxygen atoms in total. The second kappa shape index (κ2) is 6.19. The van der Waals surface area contributed by atoms with Gasteiger partial charge in [-0.25, -0.2) is 9.78 Å². The molecule has 1 aliphatic heterocycles. The Morgan fingerprint density at radius 2 is 2.09 bits per heavy atom. The summed E-state index contributed by atoms with van der Waals surface area (Å²) < 4.78 is 5.51. The summed E-state index contributed by atoms with van der Waals surface area (Å²) in [5.74, 6) is 1.53. The zero-order valence-electron chi connectivity index (χ0n) is 13.9. The van der Waals surface area contributed by atoms with Gasteiger partial charge < -0.3 is 15.0 Å². The molecule has 2 aliphatic rings. The van der Waals surface area contributed by atoms with Gasteiger partial charge in [-0.2, -0.15) is 0 Å². The first-order valence-electron chi connectivity index (χ1n) is 8.21. The molecule has 0 spiro atoms. The number of ether oxygens (including phenoxy) is 1. The number of rotatable bonds is 3. The Kier molecular flexibility index (Phi) is 4.41. The van der Waals surface area contributed by atoms with E-state index in [0.29, 0.717) is 17.6 Å². The molecule has 126 valence electrons. The van der Waals surface area contributed by atoms with Gasteiger partial charge in [-0.1, -0.05) is 11.6 Å². The zero-order chi connectivity index (χ0) is 16.6. The number of amides is 1. The number of nitrogens with one attached hydrogen (secondary N) is 1. The first kappa shape index (κ1) is 16.4. The molecule has 0 bridgehead atoms. The largest absolute Gasteiger partial charge is 0.444 e. The van der Waals surface area contributed by atoms with E-state index in [1.807, 2.05) is 26.8 Å². The van der Waals surface area contributed by atoms with Crippen molar-refractivity contribution in [1.29, 1.82) is 0 Å². The number of pyridine rings is 1. The molecule has 1 N–H and O–H groups in total. The molecule has 0 aromatic carbocycles. The molecule has 6 heteroatoms. The lowest BCUT2D eigenvalue weighted by atomic mass is 10.1. The molecule has 1 aromatic rings. The summed E-state index contributed by atoms with van der Waals surface area (Å²) in [6.07, 6.45) is 2.81. The summed E-state index contributed by atoms with van der Waals surface area (Å²) in [7, 11) is 0. The van der Waals surface area contributed by atoms with Crippen molar-refractivity contribution in [3.63, 3.8) is 0 Å². The molecule has 0 radical (unpaired) electrons. The van der Waals surface area contributed by atoms with Crippen molar-refractivity contribution >= 4 is 23.5 Å². The van der Waals surface area contributed by atoms with Crippen LogP contribution in [-0.2, 0) is 4.74 Å². The van der Waals surface area contributed by atoms with Crippen molar-refractivity contribution in [2.24, 2.45) is 0 Å². The van der Waals surface area contributed by atoms with Crippen molar-refractivity contribution in [2.45, 2.75) is 57.6 Å². The first-order chi connectivity index (χ1) is 10.8. The summed E-state index contributed by atoms with van der Waals surface area (Å²) in [6.45, 7) is 7.29. The maximum absolute atomic E-state index is 11.9. The van der Waals surface area contributed by atoms with E-state index in [9.17, 15) is 4.79 Å². The molecule has 1 amide bonds. The number of halogens is 1. The standard InChI is InChI=1S/C17H24ClN3O2/c1-17(2,3)20-16(22)23-13-6-7-21(10-13)15-9-12(11-4-5-11)8-14(18)19-15/h8-9,11,13H,4-7,10H2,1-3H3,(H,20,22)/t13-/m0/s1. The molecule has 1 aromatic heterocycles. The number of hydrogen-bond donors (Lipinski definition) is 1. The third-order valence-electron chi connectivity index (χ3n) is 4.07. The SMILES string of the molecule is CC(C)(C)NC(=O)O[C@H]1CCN(c2cc(C3CC3)cc(Cl)n2)C1. The number of hydrogen-bond acceptors (Lipinski definition) is 4. The Labute approximate surface area is 142 Å². The number of anilines is 1. The Hall–Kier alpha value is -1.49. The van der Waals surface area contributed by atoms with E-state index in [4.69, 9.17) is 16.3 Å². The van der Waals surface area contributed by atoms with Crippen LogP contribution in [0, 0.1) is 0 Å². The summed E-state index contributed by atoms with van der Waals surface area (Å²) in [6, 6.07) is 4.09. The molecule has 2 heterocycles. The van der Waals surface area contributed by atoms with E-state index < -0.39 is 0 Å². The van der Waals surface area contributed by atoms with Crippen LogP contribution in [0.2, 0.25) is 5.15 Å². The molecule has 2 fully saturated rings. The van der Waals surface area contributed by atoms with E-state index in [1.54, 1.807) is 0 Å².